The molecule has 3 aromatic rings. The van der Waals surface area contributed by atoms with Gasteiger partial charge in [-0.05, 0) is 67.3 Å². The molecule has 3 atom stereocenters. The minimum absolute atomic E-state index is 0.0722. The molecule has 1 aliphatic rings. The van der Waals surface area contributed by atoms with Crippen molar-refractivity contribution in [2.45, 2.75) is 84.0 Å². The summed E-state index contributed by atoms with van der Waals surface area (Å²) in [5.74, 6) is -1.51. The minimum atomic E-state index is -1.05. The molecular formula is C38H51N7O7. The van der Waals surface area contributed by atoms with Gasteiger partial charge < -0.3 is 36.1 Å². The molecule has 0 unspecified atom stereocenters. The van der Waals surface area contributed by atoms with Crippen LogP contribution in [0.15, 0.2) is 60.9 Å². The Morgan fingerprint density at radius 3 is 2.48 bits per heavy atom. The molecule has 14 nitrogen and oxygen atoms in total. The van der Waals surface area contributed by atoms with Gasteiger partial charge in [0, 0.05) is 38.7 Å². The van der Waals surface area contributed by atoms with E-state index in [2.05, 4.69) is 31.7 Å². The highest BCUT2D eigenvalue weighted by Crippen LogP contribution is 2.28. The van der Waals surface area contributed by atoms with E-state index in [-0.39, 0.29) is 56.1 Å². The largest absolute Gasteiger partial charge is 0.493 e. The normalized spacial score (nSPS) is 19.8. The lowest BCUT2D eigenvalue weighted by atomic mass is 10.00. The Kier molecular flexibility index (Phi) is 15.0. The van der Waals surface area contributed by atoms with Gasteiger partial charge in [0.25, 0.3) is 5.91 Å². The van der Waals surface area contributed by atoms with Crippen LogP contribution in [0.3, 0.4) is 0 Å². The monoisotopic (exact) mass is 717 g/mol. The van der Waals surface area contributed by atoms with Gasteiger partial charge in [-0.15, -0.1) is 0 Å². The summed E-state index contributed by atoms with van der Waals surface area (Å²) in [6, 6.07) is 11.8. The van der Waals surface area contributed by atoms with E-state index in [0.29, 0.717) is 43.9 Å². The molecule has 0 spiro atoms. The van der Waals surface area contributed by atoms with E-state index >= 15 is 0 Å². The number of ether oxygens (including phenoxy) is 2. The van der Waals surface area contributed by atoms with Gasteiger partial charge in [-0.3, -0.25) is 28.7 Å². The Morgan fingerprint density at radius 1 is 1.00 bits per heavy atom. The van der Waals surface area contributed by atoms with Crippen molar-refractivity contribution in [3.63, 3.8) is 0 Å². The molecule has 0 fully saturated rings. The summed E-state index contributed by atoms with van der Waals surface area (Å²) in [6.45, 7) is 6.21. The molecule has 2 bridgehead atoms. The number of hydrogen-bond acceptors (Lipinski definition) is 8. The number of rotatable bonds is 8. The molecule has 2 heterocycles. The van der Waals surface area contributed by atoms with Crippen LogP contribution in [0.5, 0.6) is 11.5 Å². The van der Waals surface area contributed by atoms with Gasteiger partial charge in [0.1, 0.15) is 18.1 Å². The minimum Gasteiger partial charge on any atom is -0.493 e. The number of nitrogens with one attached hydrogen (secondary N) is 5. The number of fused-ring (bicyclic) bond motifs is 2. The first-order chi connectivity index (χ1) is 25.0. The average molecular weight is 718 g/mol. The fourth-order valence-electron chi connectivity index (χ4n) is 5.79. The molecule has 0 aliphatic carbocycles. The summed E-state index contributed by atoms with van der Waals surface area (Å²) in [7, 11) is 1.52. The summed E-state index contributed by atoms with van der Waals surface area (Å²) >= 11 is 0. The van der Waals surface area contributed by atoms with Crippen LogP contribution in [-0.2, 0) is 43.4 Å². The SMILES string of the molecule is COc1ccc2cc1OCC(=O)NCCC[C@H](NC(=O)CCn1cc(C)cn1)C(=O)N[C@@H](Cc1ccccc1)C(=O)N[C@H](C(C)C)C(=O)NCCC2. The zero-order chi connectivity index (χ0) is 37.5. The molecule has 4 rings (SSSR count). The van der Waals surface area contributed by atoms with Crippen LogP contribution in [0, 0.1) is 12.8 Å². The molecule has 280 valence electrons. The Bertz CT molecular complexity index is 1660. The summed E-state index contributed by atoms with van der Waals surface area (Å²) < 4.78 is 12.9. The van der Waals surface area contributed by atoms with E-state index in [0.717, 1.165) is 16.7 Å². The van der Waals surface area contributed by atoms with E-state index in [9.17, 15) is 24.0 Å². The first-order valence-electron chi connectivity index (χ1n) is 17.8. The molecule has 0 saturated heterocycles. The van der Waals surface area contributed by atoms with Crippen molar-refractivity contribution >= 4 is 29.5 Å². The molecule has 1 aromatic heterocycles. The van der Waals surface area contributed by atoms with Crippen LogP contribution in [0.1, 0.15) is 56.2 Å². The second-order valence-electron chi connectivity index (χ2n) is 13.3. The van der Waals surface area contributed by atoms with E-state index in [1.54, 1.807) is 16.9 Å². The second kappa shape index (κ2) is 19.8. The summed E-state index contributed by atoms with van der Waals surface area (Å²) in [4.78, 5) is 66.9. The van der Waals surface area contributed by atoms with Crippen molar-refractivity contribution in [1.82, 2.24) is 36.4 Å². The maximum absolute atomic E-state index is 13.9. The third-order valence-electron chi connectivity index (χ3n) is 8.66. The van der Waals surface area contributed by atoms with Gasteiger partial charge >= 0.3 is 0 Å². The standard InChI is InChI=1S/C38H51N7O7/c1-25(2)35-38(50)40-18-8-12-28-14-15-31(51-4)32(21-28)52-24-34(47)39-17-9-13-29(42-33(46)16-19-45-23-26(3)22-41-45)36(48)43-30(37(49)44-35)20-27-10-6-5-7-11-27/h5-7,10-11,14-15,21-23,25,29-30,35H,8-9,12-13,16-20,24H2,1-4H3,(H,39,47)(H,40,50)(H,42,46)(H,43,48)(H,44,49)/t29-,30-,35+/m0/s1. The molecule has 52 heavy (non-hydrogen) atoms. The fourth-order valence-corrected chi connectivity index (χ4v) is 5.79. The van der Waals surface area contributed by atoms with Crippen molar-refractivity contribution in [1.29, 1.82) is 0 Å². The predicted octanol–water partition coefficient (Wildman–Crippen LogP) is 1.98. The molecule has 14 heteroatoms. The van der Waals surface area contributed by atoms with Crippen molar-refractivity contribution < 1.29 is 33.4 Å². The van der Waals surface area contributed by atoms with Crippen LogP contribution in [-0.4, -0.2) is 84.2 Å². The van der Waals surface area contributed by atoms with Crippen molar-refractivity contribution in [3.8, 4) is 11.5 Å². The molecule has 0 saturated carbocycles. The lowest BCUT2D eigenvalue weighted by Gasteiger charge is -2.27. The van der Waals surface area contributed by atoms with Crippen LogP contribution >= 0.6 is 0 Å². The number of carbonyl (C=O) groups excluding carboxylic acids is 5. The second-order valence-corrected chi connectivity index (χ2v) is 13.3. The highest BCUT2D eigenvalue weighted by molar-refractivity contribution is 5.94. The number of hydrogen-bond donors (Lipinski definition) is 5. The van der Waals surface area contributed by atoms with Gasteiger partial charge in [-0.2, -0.15) is 5.10 Å². The third kappa shape index (κ3) is 12.4. The van der Waals surface area contributed by atoms with Crippen molar-refractivity contribution in [3.05, 3.63) is 77.6 Å². The lowest BCUT2D eigenvalue weighted by molar-refractivity contribution is -0.134. The van der Waals surface area contributed by atoms with Crippen LogP contribution in [0.4, 0.5) is 0 Å². The van der Waals surface area contributed by atoms with E-state index in [4.69, 9.17) is 9.47 Å². The Balaban J connectivity index is 1.56. The average Bonchev–Trinajstić information content (AvgIpc) is 3.55. The van der Waals surface area contributed by atoms with Crippen molar-refractivity contribution in [2.24, 2.45) is 5.92 Å². The molecule has 5 N–H and O–H groups in total. The molecular weight excluding hydrogens is 666 g/mol. The maximum atomic E-state index is 13.9. The van der Waals surface area contributed by atoms with Gasteiger partial charge in [0.15, 0.2) is 18.1 Å². The fraction of sp³-hybridized carbons (Fsp3) is 0.474. The van der Waals surface area contributed by atoms with Gasteiger partial charge in [0.05, 0.1) is 13.3 Å². The summed E-state index contributed by atoms with van der Waals surface area (Å²) in [6.07, 6.45) is 5.49. The third-order valence-corrected chi connectivity index (χ3v) is 8.66. The maximum Gasteiger partial charge on any atom is 0.257 e. The molecule has 2 aromatic carbocycles. The van der Waals surface area contributed by atoms with E-state index < -0.39 is 29.9 Å². The number of aryl methyl sites for hydroxylation is 3. The quantitative estimate of drug-likeness (QED) is 0.235. The zero-order valence-electron chi connectivity index (χ0n) is 30.4. The van der Waals surface area contributed by atoms with Crippen molar-refractivity contribution in [2.75, 3.05) is 26.8 Å². The Morgan fingerprint density at radius 2 is 1.77 bits per heavy atom. The van der Waals surface area contributed by atoms with Gasteiger partial charge in [-0.25, -0.2) is 0 Å². The topological polar surface area (TPSA) is 182 Å². The van der Waals surface area contributed by atoms with Gasteiger partial charge in [-0.1, -0.05) is 50.2 Å². The summed E-state index contributed by atoms with van der Waals surface area (Å²) in [5, 5.41) is 18.5. The van der Waals surface area contributed by atoms with Crippen LogP contribution in [0.2, 0.25) is 0 Å². The smallest absolute Gasteiger partial charge is 0.257 e. The Hall–Kier alpha value is -5.40. The number of methoxy groups -OCH3 is 1. The van der Waals surface area contributed by atoms with Crippen LogP contribution in [0.25, 0.3) is 0 Å². The molecule has 5 amide bonds. The predicted molar refractivity (Wildman–Crippen MR) is 194 cm³/mol. The Labute approximate surface area is 304 Å². The van der Waals surface area contributed by atoms with E-state index in [1.165, 1.54) is 7.11 Å². The first-order valence-corrected chi connectivity index (χ1v) is 17.8. The number of nitrogens with zero attached hydrogens (tertiary/aromatic N) is 2. The number of amides is 5. The molecule has 1 aliphatic heterocycles. The van der Waals surface area contributed by atoms with Crippen LogP contribution < -0.4 is 36.1 Å². The lowest BCUT2D eigenvalue weighted by Crippen LogP contribution is -2.58. The molecule has 0 radical (unpaired) electrons. The zero-order valence-corrected chi connectivity index (χ0v) is 30.4. The van der Waals surface area contributed by atoms with Gasteiger partial charge in [0.2, 0.25) is 23.6 Å². The highest BCUT2D eigenvalue weighted by atomic mass is 16.5. The highest BCUT2D eigenvalue weighted by Gasteiger charge is 2.31. The number of aromatic nitrogens is 2. The number of carbonyl (C=O) groups is 5. The first kappa shape index (κ1) is 39.4. The van der Waals surface area contributed by atoms with E-state index in [1.807, 2.05) is 69.4 Å². The number of benzene rings is 2. The summed E-state index contributed by atoms with van der Waals surface area (Å²) in [5.41, 5.74) is 2.70.